The van der Waals surface area contributed by atoms with E-state index in [0.29, 0.717) is 30.1 Å². The molecule has 2 amide bonds. The van der Waals surface area contributed by atoms with Gasteiger partial charge in [-0.1, -0.05) is 32.9 Å². The van der Waals surface area contributed by atoms with Crippen LogP contribution in [0.3, 0.4) is 0 Å². The number of benzene rings is 2. The minimum absolute atomic E-state index is 0.0768. The van der Waals surface area contributed by atoms with Gasteiger partial charge in [-0.15, -0.1) is 0 Å². The van der Waals surface area contributed by atoms with E-state index in [-0.39, 0.29) is 23.8 Å². The molecule has 3 rings (SSSR count). The molecule has 1 aliphatic rings. The van der Waals surface area contributed by atoms with Gasteiger partial charge in [-0.2, -0.15) is 5.10 Å². The van der Waals surface area contributed by atoms with E-state index in [1.807, 2.05) is 63.2 Å². The SMILES string of the molecule is COc1cccc(C2=NN(C(=O)CN(C)C(=O)CC(C)(C)C)C(c3cc(OC)ccc3OC)C2)c1. The Kier molecular flexibility index (Phi) is 8.04. The lowest BCUT2D eigenvalue weighted by molar-refractivity contribution is -0.141. The van der Waals surface area contributed by atoms with Gasteiger partial charge < -0.3 is 19.1 Å². The Bertz CT molecular complexity index is 1110. The first-order valence-electron chi connectivity index (χ1n) is 11.6. The zero-order valence-electron chi connectivity index (χ0n) is 21.6. The summed E-state index contributed by atoms with van der Waals surface area (Å²) in [5, 5.41) is 6.19. The monoisotopic (exact) mass is 481 g/mol. The number of amides is 2. The molecule has 0 fully saturated rings. The zero-order chi connectivity index (χ0) is 25.8. The molecule has 1 heterocycles. The van der Waals surface area contributed by atoms with Gasteiger partial charge in [0, 0.05) is 31.0 Å². The largest absolute Gasteiger partial charge is 0.497 e. The molecular weight excluding hydrogens is 446 g/mol. The molecule has 1 aliphatic heterocycles. The Hall–Kier alpha value is -3.55. The van der Waals surface area contributed by atoms with Crippen LogP contribution in [-0.4, -0.2) is 62.4 Å². The first kappa shape index (κ1) is 26.1. The van der Waals surface area contributed by atoms with E-state index in [1.54, 1.807) is 28.4 Å². The fourth-order valence-electron chi connectivity index (χ4n) is 4.01. The van der Waals surface area contributed by atoms with Crippen molar-refractivity contribution in [1.29, 1.82) is 0 Å². The Morgan fingerprint density at radius 2 is 1.71 bits per heavy atom. The van der Waals surface area contributed by atoms with E-state index >= 15 is 0 Å². The molecule has 2 aromatic rings. The first-order chi connectivity index (χ1) is 16.6. The molecule has 1 unspecified atom stereocenters. The van der Waals surface area contributed by atoms with Crippen molar-refractivity contribution in [1.82, 2.24) is 9.91 Å². The Morgan fingerprint density at radius 1 is 1.03 bits per heavy atom. The van der Waals surface area contributed by atoms with E-state index in [2.05, 4.69) is 0 Å². The summed E-state index contributed by atoms with van der Waals surface area (Å²) in [4.78, 5) is 27.6. The number of hydrogen-bond acceptors (Lipinski definition) is 6. The van der Waals surface area contributed by atoms with Crippen molar-refractivity contribution in [3.05, 3.63) is 53.6 Å². The number of carbonyl (C=O) groups is 2. The maximum Gasteiger partial charge on any atom is 0.262 e. The van der Waals surface area contributed by atoms with E-state index in [0.717, 1.165) is 16.8 Å². The van der Waals surface area contributed by atoms with Crippen LogP contribution in [0.2, 0.25) is 0 Å². The van der Waals surface area contributed by atoms with Crippen LogP contribution in [0.4, 0.5) is 0 Å². The number of hydrogen-bond donors (Lipinski definition) is 0. The minimum atomic E-state index is -0.417. The number of hydrazone groups is 1. The topological polar surface area (TPSA) is 80.7 Å². The molecule has 0 saturated carbocycles. The molecule has 188 valence electrons. The second kappa shape index (κ2) is 10.8. The second-order valence-corrected chi connectivity index (χ2v) is 9.83. The second-order valence-electron chi connectivity index (χ2n) is 9.83. The molecule has 0 aliphatic carbocycles. The molecule has 0 spiro atoms. The van der Waals surface area contributed by atoms with Crippen LogP contribution in [0.5, 0.6) is 17.2 Å². The third-order valence-electron chi connectivity index (χ3n) is 5.84. The molecular formula is C27H35N3O5. The van der Waals surface area contributed by atoms with Crippen molar-refractivity contribution in [2.75, 3.05) is 34.9 Å². The molecule has 0 radical (unpaired) electrons. The third kappa shape index (κ3) is 6.32. The molecule has 8 nitrogen and oxygen atoms in total. The van der Waals surface area contributed by atoms with Crippen molar-refractivity contribution in [3.63, 3.8) is 0 Å². The smallest absolute Gasteiger partial charge is 0.262 e. The van der Waals surface area contributed by atoms with Crippen molar-refractivity contribution in [2.24, 2.45) is 10.5 Å². The number of nitrogens with zero attached hydrogens (tertiary/aromatic N) is 3. The lowest BCUT2D eigenvalue weighted by Crippen LogP contribution is -2.40. The normalized spacial score (nSPS) is 15.5. The van der Waals surface area contributed by atoms with Crippen LogP contribution in [0.15, 0.2) is 47.6 Å². The van der Waals surface area contributed by atoms with Gasteiger partial charge in [0.05, 0.1) is 33.1 Å². The molecule has 0 aromatic heterocycles. The lowest BCUT2D eigenvalue weighted by Gasteiger charge is -2.27. The predicted octanol–water partition coefficient (Wildman–Crippen LogP) is 4.28. The van der Waals surface area contributed by atoms with Gasteiger partial charge in [-0.25, -0.2) is 5.01 Å². The molecule has 1 atom stereocenters. The summed E-state index contributed by atoms with van der Waals surface area (Å²) in [6, 6.07) is 12.7. The van der Waals surface area contributed by atoms with E-state index in [1.165, 1.54) is 9.91 Å². The van der Waals surface area contributed by atoms with Gasteiger partial charge in [0.15, 0.2) is 0 Å². The summed E-state index contributed by atoms with van der Waals surface area (Å²) >= 11 is 0. The molecule has 2 aromatic carbocycles. The van der Waals surface area contributed by atoms with Gasteiger partial charge >= 0.3 is 0 Å². The Morgan fingerprint density at radius 3 is 2.34 bits per heavy atom. The number of ether oxygens (including phenoxy) is 3. The predicted molar refractivity (Wildman–Crippen MR) is 135 cm³/mol. The van der Waals surface area contributed by atoms with Crippen molar-refractivity contribution in [2.45, 2.75) is 39.7 Å². The van der Waals surface area contributed by atoms with Gasteiger partial charge in [-0.05, 0) is 35.7 Å². The molecule has 35 heavy (non-hydrogen) atoms. The summed E-state index contributed by atoms with van der Waals surface area (Å²) in [7, 11) is 6.45. The average molecular weight is 482 g/mol. The molecule has 0 saturated heterocycles. The summed E-state index contributed by atoms with van der Waals surface area (Å²) < 4.78 is 16.4. The third-order valence-corrected chi connectivity index (χ3v) is 5.84. The standard InChI is InChI=1S/C27H35N3O5/c1-27(2,3)16-25(31)29(4)17-26(32)30-23(21-14-20(34-6)11-12-24(21)35-7)15-22(28-30)18-9-8-10-19(13-18)33-5/h8-14,23H,15-17H2,1-7H3. The number of likely N-dealkylation sites (N-methyl/N-ethyl adjacent to an activating group) is 1. The quantitative estimate of drug-likeness (QED) is 0.562. The van der Waals surface area contributed by atoms with Crippen LogP contribution in [-0.2, 0) is 9.59 Å². The number of carbonyl (C=O) groups excluding carboxylic acids is 2. The summed E-state index contributed by atoms with van der Waals surface area (Å²) in [6.45, 7) is 5.91. The van der Waals surface area contributed by atoms with Gasteiger partial charge in [-0.3, -0.25) is 9.59 Å². The molecule has 0 bridgehead atoms. The Balaban J connectivity index is 1.96. The highest BCUT2D eigenvalue weighted by Gasteiger charge is 2.36. The van der Waals surface area contributed by atoms with Crippen LogP contribution in [0.1, 0.15) is 50.8 Å². The average Bonchev–Trinajstić information content (AvgIpc) is 3.28. The van der Waals surface area contributed by atoms with Gasteiger partial charge in [0.1, 0.15) is 23.8 Å². The van der Waals surface area contributed by atoms with Crippen LogP contribution >= 0.6 is 0 Å². The zero-order valence-corrected chi connectivity index (χ0v) is 21.6. The maximum absolute atomic E-state index is 13.5. The van der Waals surface area contributed by atoms with Crippen molar-refractivity contribution >= 4 is 17.5 Å². The van der Waals surface area contributed by atoms with Crippen molar-refractivity contribution in [3.8, 4) is 17.2 Å². The maximum atomic E-state index is 13.5. The van der Waals surface area contributed by atoms with Crippen LogP contribution in [0.25, 0.3) is 0 Å². The molecule has 8 heteroatoms. The van der Waals surface area contributed by atoms with Crippen molar-refractivity contribution < 1.29 is 23.8 Å². The summed E-state index contributed by atoms with van der Waals surface area (Å²) in [6.07, 6.45) is 0.824. The molecule has 0 N–H and O–H groups in total. The summed E-state index contributed by atoms with van der Waals surface area (Å²) in [5.41, 5.74) is 2.22. The van der Waals surface area contributed by atoms with E-state index in [9.17, 15) is 9.59 Å². The fraction of sp³-hybridized carbons (Fsp3) is 0.444. The van der Waals surface area contributed by atoms with E-state index < -0.39 is 6.04 Å². The van der Waals surface area contributed by atoms with Gasteiger partial charge in [0.2, 0.25) is 5.91 Å². The van der Waals surface area contributed by atoms with Crippen LogP contribution < -0.4 is 14.2 Å². The highest BCUT2D eigenvalue weighted by Crippen LogP contribution is 2.39. The highest BCUT2D eigenvalue weighted by atomic mass is 16.5. The van der Waals surface area contributed by atoms with E-state index in [4.69, 9.17) is 19.3 Å². The highest BCUT2D eigenvalue weighted by molar-refractivity contribution is 6.03. The Labute approximate surface area is 207 Å². The first-order valence-corrected chi connectivity index (χ1v) is 11.6. The fourth-order valence-corrected chi connectivity index (χ4v) is 4.01. The van der Waals surface area contributed by atoms with Crippen LogP contribution in [0, 0.1) is 5.41 Å². The number of methoxy groups -OCH3 is 3. The summed E-state index contributed by atoms with van der Waals surface area (Å²) in [5.74, 6) is 1.63. The number of rotatable bonds is 8. The lowest BCUT2D eigenvalue weighted by atomic mass is 9.92. The minimum Gasteiger partial charge on any atom is -0.497 e. The van der Waals surface area contributed by atoms with Gasteiger partial charge in [0.25, 0.3) is 5.91 Å².